The molecule has 27 heavy (non-hydrogen) atoms. The summed E-state index contributed by atoms with van der Waals surface area (Å²) in [5, 5.41) is 21.1. The van der Waals surface area contributed by atoms with Crippen LogP contribution in [0.25, 0.3) is 0 Å². The quantitative estimate of drug-likeness (QED) is 0.728. The molecule has 1 aliphatic heterocycles. The Hall–Kier alpha value is -1.24. The van der Waals surface area contributed by atoms with Gasteiger partial charge in [-0.1, -0.05) is 20.8 Å². The van der Waals surface area contributed by atoms with E-state index in [-0.39, 0.29) is 23.5 Å². The van der Waals surface area contributed by atoms with E-state index in [1.165, 1.54) is 13.2 Å². The Morgan fingerprint density at radius 3 is 2.67 bits per heavy atom. The van der Waals surface area contributed by atoms with Gasteiger partial charge in [-0.25, -0.2) is 4.79 Å². The molecule has 0 aromatic carbocycles. The summed E-state index contributed by atoms with van der Waals surface area (Å²) in [6.07, 6.45) is 2.76. The minimum Gasteiger partial charge on any atom is -0.428 e. The number of carbonyl (C=O) groups excluding carboxylic acids is 2. The molecule has 0 bridgehead atoms. The lowest BCUT2D eigenvalue weighted by Crippen LogP contribution is -2.52. The summed E-state index contributed by atoms with van der Waals surface area (Å²) in [6.45, 7) is 6.36. The van der Waals surface area contributed by atoms with Gasteiger partial charge in [0.15, 0.2) is 0 Å². The van der Waals surface area contributed by atoms with Crippen LogP contribution in [0.4, 0.5) is 0 Å². The van der Waals surface area contributed by atoms with E-state index < -0.39 is 29.9 Å². The SMILES string of the molecule is CO[C@@H]1OC(=O)C=C1[C@@H](O)C[C@@]1(C)[C@H](C)CC[C@@]2(C)C(=O)C[C@H](O)CC[C@H]12. The third kappa shape index (κ3) is 3.47. The summed E-state index contributed by atoms with van der Waals surface area (Å²) in [5.41, 5.74) is -0.324. The number of carbonyl (C=O) groups is 2. The summed E-state index contributed by atoms with van der Waals surface area (Å²) < 4.78 is 10.3. The van der Waals surface area contributed by atoms with Gasteiger partial charge >= 0.3 is 5.97 Å². The Labute approximate surface area is 160 Å². The summed E-state index contributed by atoms with van der Waals surface area (Å²) in [7, 11) is 1.44. The van der Waals surface area contributed by atoms with Gasteiger partial charge in [-0.2, -0.15) is 0 Å². The first-order valence-electron chi connectivity index (χ1n) is 9.96. The molecule has 2 fully saturated rings. The number of ether oxygens (including phenoxy) is 2. The Bertz CT molecular complexity index is 643. The predicted octanol–water partition coefficient (Wildman–Crippen LogP) is 2.37. The van der Waals surface area contributed by atoms with Gasteiger partial charge in [-0.15, -0.1) is 0 Å². The summed E-state index contributed by atoms with van der Waals surface area (Å²) in [4.78, 5) is 24.5. The number of aliphatic hydroxyl groups is 2. The van der Waals surface area contributed by atoms with Crippen molar-refractivity contribution in [1.82, 2.24) is 0 Å². The molecular weight excluding hydrogens is 348 g/mol. The van der Waals surface area contributed by atoms with E-state index in [1.807, 2.05) is 6.92 Å². The highest BCUT2D eigenvalue weighted by atomic mass is 16.7. The normalized spacial score (nSPS) is 43.6. The summed E-state index contributed by atoms with van der Waals surface area (Å²) in [6, 6.07) is 0. The van der Waals surface area contributed by atoms with E-state index in [1.54, 1.807) is 0 Å². The van der Waals surface area contributed by atoms with E-state index >= 15 is 0 Å². The van der Waals surface area contributed by atoms with E-state index in [4.69, 9.17) is 9.47 Å². The van der Waals surface area contributed by atoms with Crippen molar-refractivity contribution in [2.24, 2.45) is 22.7 Å². The van der Waals surface area contributed by atoms with Crippen molar-refractivity contribution in [3.05, 3.63) is 11.6 Å². The lowest BCUT2D eigenvalue weighted by Gasteiger charge is -2.55. The summed E-state index contributed by atoms with van der Waals surface area (Å²) in [5.74, 6) is 0.0226. The molecule has 0 unspecified atom stereocenters. The third-order valence-electron chi connectivity index (χ3n) is 7.65. The van der Waals surface area contributed by atoms with Crippen LogP contribution < -0.4 is 0 Å². The first kappa shape index (κ1) is 20.5. The molecule has 6 heteroatoms. The molecule has 2 saturated carbocycles. The molecule has 152 valence electrons. The highest BCUT2D eigenvalue weighted by Crippen LogP contribution is 2.59. The maximum Gasteiger partial charge on any atom is 0.333 e. The van der Waals surface area contributed by atoms with Crippen LogP contribution in [-0.2, 0) is 19.1 Å². The number of hydrogen-bond acceptors (Lipinski definition) is 6. The van der Waals surface area contributed by atoms with Crippen LogP contribution in [0, 0.1) is 22.7 Å². The first-order valence-corrected chi connectivity index (χ1v) is 9.96. The van der Waals surface area contributed by atoms with E-state index in [2.05, 4.69) is 13.8 Å². The fourth-order valence-corrected chi connectivity index (χ4v) is 5.71. The van der Waals surface area contributed by atoms with Crippen molar-refractivity contribution in [1.29, 1.82) is 0 Å². The van der Waals surface area contributed by atoms with Crippen molar-refractivity contribution in [2.75, 3.05) is 7.11 Å². The zero-order valence-corrected chi connectivity index (χ0v) is 16.7. The van der Waals surface area contributed by atoms with Gasteiger partial charge in [0.05, 0.1) is 12.2 Å². The van der Waals surface area contributed by atoms with Crippen LogP contribution in [0.15, 0.2) is 11.6 Å². The largest absolute Gasteiger partial charge is 0.428 e. The molecule has 2 aliphatic carbocycles. The van der Waals surface area contributed by atoms with Gasteiger partial charge in [0.25, 0.3) is 0 Å². The molecule has 3 rings (SSSR count). The van der Waals surface area contributed by atoms with Gasteiger partial charge in [-0.3, -0.25) is 4.79 Å². The van der Waals surface area contributed by atoms with Crippen molar-refractivity contribution in [3.63, 3.8) is 0 Å². The van der Waals surface area contributed by atoms with Gasteiger partial charge < -0.3 is 19.7 Å². The number of hydrogen-bond donors (Lipinski definition) is 2. The fourth-order valence-electron chi connectivity index (χ4n) is 5.71. The smallest absolute Gasteiger partial charge is 0.333 e. The van der Waals surface area contributed by atoms with Gasteiger partial charge in [0, 0.05) is 30.6 Å². The minimum atomic E-state index is -0.875. The van der Waals surface area contributed by atoms with Crippen LogP contribution in [0.2, 0.25) is 0 Å². The monoisotopic (exact) mass is 380 g/mol. The van der Waals surface area contributed by atoms with Crippen LogP contribution in [0.5, 0.6) is 0 Å². The number of methoxy groups -OCH3 is 1. The van der Waals surface area contributed by atoms with Crippen LogP contribution >= 0.6 is 0 Å². The highest BCUT2D eigenvalue weighted by Gasteiger charge is 2.56. The molecule has 3 aliphatic rings. The maximum atomic E-state index is 12.9. The zero-order chi connectivity index (χ0) is 20.0. The fraction of sp³-hybridized carbons (Fsp3) is 0.810. The second kappa shape index (κ2) is 7.30. The lowest BCUT2D eigenvalue weighted by atomic mass is 9.49. The molecule has 6 nitrogen and oxygen atoms in total. The topological polar surface area (TPSA) is 93.1 Å². The number of cyclic esters (lactones) is 1. The van der Waals surface area contributed by atoms with Crippen molar-refractivity contribution >= 4 is 11.8 Å². The Morgan fingerprint density at radius 1 is 1.30 bits per heavy atom. The van der Waals surface area contributed by atoms with Crippen LogP contribution in [0.3, 0.4) is 0 Å². The van der Waals surface area contributed by atoms with Crippen LogP contribution in [-0.4, -0.2) is 47.6 Å². The Kier molecular flexibility index (Phi) is 5.54. The second-order valence-corrected chi connectivity index (χ2v) is 9.14. The number of aliphatic hydroxyl groups excluding tert-OH is 2. The Morgan fingerprint density at radius 2 is 2.00 bits per heavy atom. The number of ketones is 1. The molecule has 0 aromatic heterocycles. The number of Topliss-reactive ketones (excluding diaryl/α,β-unsaturated/α-hetero) is 1. The highest BCUT2D eigenvalue weighted by molar-refractivity contribution is 5.86. The van der Waals surface area contributed by atoms with Crippen molar-refractivity contribution < 1.29 is 29.3 Å². The average Bonchev–Trinajstić information content (AvgIpc) is 2.94. The molecule has 7 atom stereocenters. The van der Waals surface area contributed by atoms with Gasteiger partial charge in [0.2, 0.25) is 6.29 Å². The minimum absolute atomic E-state index is 0.0765. The van der Waals surface area contributed by atoms with E-state index in [0.29, 0.717) is 24.3 Å². The molecule has 2 N–H and O–H groups in total. The lowest BCUT2D eigenvalue weighted by molar-refractivity contribution is -0.157. The van der Waals surface area contributed by atoms with Crippen molar-refractivity contribution in [3.8, 4) is 0 Å². The van der Waals surface area contributed by atoms with Gasteiger partial charge in [-0.05, 0) is 49.4 Å². The zero-order valence-electron chi connectivity index (χ0n) is 16.7. The molecule has 1 heterocycles. The molecule has 0 radical (unpaired) electrons. The second-order valence-electron chi connectivity index (χ2n) is 9.14. The number of rotatable bonds is 4. The maximum absolute atomic E-state index is 12.9. The Balaban J connectivity index is 1.90. The van der Waals surface area contributed by atoms with E-state index in [0.717, 1.165) is 19.3 Å². The average molecular weight is 380 g/mol. The van der Waals surface area contributed by atoms with Crippen molar-refractivity contribution in [2.45, 2.75) is 77.8 Å². The number of esters is 1. The molecular formula is C21H32O6. The molecule has 0 saturated heterocycles. The van der Waals surface area contributed by atoms with Gasteiger partial charge in [0.1, 0.15) is 5.78 Å². The molecule has 0 aromatic rings. The predicted molar refractivity (Wildman–Crippen MR) is 98.6 cm³/mol. The number of fused-ring (bicyclic) bond motifs is 1. The first-order chi connectivity index (χ1) is 12.6. The third-order valence-corrected chi connectivity index (χ3v) is 7.65. The summed E-state index contributed by atoms with van der Waals surface area (Å²) >= 11 is 0. The van der Waals surface area contributed by atoms with Crippen LogP contribution in [0.1, 0.15) is 59.3 Å². The standard InChI is InChI=1S/C21H32O6/c1-12-7-8-20(2)16(6-5-13(22)9-17(20)24)21(12,3)11-15(23)14-10-18(25)27-19(14)26-4/h10,12-13,15-16,19,22-23H,5-9,11H2,1-4H3/t12-,13-,15+,16+,19-,20-,21+/m1/s1. The molecule has 0 amide bonds. The molecule has 0 spiro atoms. The van der Waals surface area contributed by atoms with E-state index in [9.17, 15) is 19.8 Å².